The quantitative estimate of drug-likeness (QED) is 0.570. The molecule has 0 saturated carbocycles. The van der Waals surface area contributed by atoms with E-state index in [1.165, 1.54) is 6.07 Å². The highest BCUT2D eigenvalue weighted by Crippen LogP contribution is 2.27. The first-order chi connectivity index (χ1) is 14.5. The number of carbonyl (C=O) groups is 1. The molecule has 0 aliphatic rings. The molecule has 1 aromatic carbocycles. The van der Waals surface area contributed by atoms with E-state index in [0.717, 1.165) is 22.2 Å². The molecule has 9 heteroatoms. The van der Waals surface area contributed by atoms with Crippen molar-refractivity contribution in [2.45, 2.75) is 45.3 Å². The number of carbonyl (C=O) groups excluding carboxylic acids is 1. The van der Waals surface area contributed by atoms with Crippen molar-refractivity contribution in [2.24, 2.45) is 0 Å². The summed E-state index contributed by atoms with van der Waals surface area (Å²) in [5.41, 5.74) is 2.67. The van der Waals surface area contributed by atoms with Crippen LogP contribution < -0.4 is 10.6 Å². The fourth-order valence-electron chi connectivity index (χ4n) is 2.90. The lowest BCUT2D eigenvalue weighted by atomic mass is 9.92. The average molecular weight is 431 g/mol. The topological polar surface area (TPSA) is 71.8 Å². The minimum Gasteiger partial charge on any atom is -0.308 e. The summed E-state index contributed by atoms with van der Waals surface area (Å²) in [6.45, 7) is 4.22. The first-order valence-corrected chi connectivity index (χ1v) is 9.70. The number of rotatable bonds is 5. The molecule has 2 amide bonds. The maximum atomic E-state index is 12.9. The third-order valence-electron chi connectivity index (χ3n) is 4.49. The molecule has 0 atom stereocenters. The summed E-state index contributed by atoms with van der Waals surface area (Å²) in [7, 11) is 0. The van der Waals surface area contributed by atoms with E-state index >= 15 is 0 Å². The Balaban J connectivity index is 1.68. The van der Waals surface area contributed by atoms with Gasteiger partial charge in [-0.3, -0.25) is 10.3 Å². The first kappa shape index (κ1) is 22.3. The van der Waals surface area contributed by atoms with Gasteiger partial charge in [-0.25, -0.2) is 9.48 Å². The molecule has 0 aliphatic carbocycles. The zero-order valence-electron chi connectivity index (χ0n) is 17.5. The van der Waals surface area contributed by atoms with Crippen molar-refractivity contribution in [3.8, 4) is 0 Å². The van der Waals surface area contributed by atoms with Crippen molar-refractivity contribution in [3.63, 3.8) is 0 Å². The number of nitrogens with one attached hydrogen (secondary N) is 2. The number of nitrogens with zero attached hydrogens (tertiary/aromatic N) is 3. The summed E-state index contributed by atoms with van der Waals surface area (Å²) in [6.07, 6.45) is -0.283. The molecule has 2 heterocycles. The Bertz CT molecular complexity index is 1020. The minimum absolute atomic E-state index is 0.0194. The summed E-state index contributed by atoms with van der Waals surface area (Å²) in [6, 6.07) is 11.9. The highest BCUT2D eigenvalue weighted by Gasteiger charge is 2.31. The van der Waals surface area contributed by atoms with E-state index in [1.54, 1.807) is 24.5 Å². The van der Waals surface area contributed by atoms with Crippen LogP contribution in [0.15, 0.2) is 54.9 Å². The molecule has 2 aromatic heterocycles. The van der Waals surface area contributed by atoms with Crippen LogP contribution in [0.5, 0.6) is 0 Å². The minimum atomic E-state index is -4.46. The molecule has 6 nitrogen and oxygen atoms in total. The number of amides is 2. The second-order valence-corrected chi connectivity index (χ2v) is 8.25. The number of hydrogen-bond acceptors (Lipinski definition) is 3. The van der Waals surface area contributed by atoms with Gasteiger partial charge in [-0.15, -0.1) is 0 Å². The van der Waals surface area contributed by atoms with E-state index in [4.69, 9.17) is 0 Å². The molecule has 0 radical (unpaired) electrons. The van der Waals surface area contributed by atoms with E-state index in [1.807, 2.05) is 45.0 Å². The molecule has 2 N–H and O–H groups in total. The largest absolute Gasteiger partial charge is 0.408 e. The second kappa shape index (κ2) is 8.79. The van der Waals surface area contributed by atoms with Gasteiger partial charge >= 0.3 is 12.2 Å². The number of hydrogen-bond donors (Lipinski definition) is 2. The fourth-order valence-corrected chi connectivity index (χ4v) is 2.90. The maximum Gasteiger partial charge on any atom is 0.408 e. The number of benzene rings is 1. The van der Waals surface area contributed by atoms with Crippen molar-refractivity contribution < 1.29 is 18.0 Å². The van der Waals surface area contributed by atoms with Crippen molar-refractivity contribution in [1.82, 2.24) is 14.8 Å². The van der Waals surface area contributed by atoms with E-state index in [0.29, 0.717) is 11.4 Å². The standard InChI is InChI=1S/C22H24F3N5O/c1-21(2,3)18-13-19(30(29-18)14-22(23,24)25)28-20(31)27-17-6-4-15(5-7-17)12-16-8-10-26-11-9-16/h4-11,13H,12,14H2,1-3H3,(H2,27,28,31). The zero-order chi connectivity index (χ0) is 22.6. The zero-order valence-corrected chi connectivity index (χ0v) is 17.5. The Morgan fingerprint density at radius 2 is 1.58 bits per heavy atom. The molecule has 31 heavy (non-hydrogen) atoms. The Morgan fingerprint density at radius 3 is 2.16 bits per heavy atom. The van der Waals surface area contributed by atoms with Gasteiger partial charge < -0.3 is 5.32 Å². The van der Waals surface area contributed by atoms with Crippen LogP contribution in [0, 0.1) is 0 Å². The van der Waals surface area contributed by atoms with Crippen molar-refractivity contribution in [1.29, 1.82) is 0 Å². The van der Waals surface area contributed by atoms with Crippen LogP contribution in [0.3, 0.4) is 0 Å². The van der Waals surface area contributed by atoms with Gasteiger partial charge in [-0.1, -0.05) is 32.9 Å². The summed E-state index contributed by atoms with van der Waals surface area (Å²) in [5.74, 6) is -0.0194. The van der Waals surface area contributed by atoms with Gasteiger partial charge in [0, 0.05) is 29.6 Å². The lowest BCUT2D eigenvalue weighted by Gasteiger charge is -2.14. The van der Waals surface area contributed by atoms with E-state index in [2.05, 4.69) is 20.7 Å². The fraction of sp³-hybridized carbons (Fsp3) is 0.318. The maximum absolute atomic E-state index is 12.9. The number of alkyl halides is 3. The third-order valence-corrected chi connectivity index (χ3v) is 4.49. The molecule has 164 valence electrons. The Morgan fingerprint density at radius 1 is 0.968 bits per heavy atom. The third kappa shape index (κ3) is 6.56. The summed E-state index contributed by atoms with van der Waals surface area (Å²) in [5, 5.41) is 9.14. The molecule has 0 unspecified atom stereocenters. The molecule has 0 aliphatic heterocycles. The second-order valence-electron chi connectivity index (χ2n) is 8.25. The van der Waals surface area contributed by atoms with E-state index in [9.17, 15) is 18.0 Å². The van der Waals surface area contributed by atoms with Crippen molar-refractivity contribution in [2.75, 3.05) is 10.6 Å². The average Bonchev–Trinajstić information content (AvgIpc) is 3.05. The van der Waals surface area contributed by atoms with Crippen LogP contribution in [-0.4, -0.2) is 27.0 Å². The lowest BCUT2D eigenvalue weighted by molar-refractivity contribution is -0.142. The van der Waals surface area contributed by atoms with Gasteiger partial charge in [0.2, 0.25) is 0 Å². The number of pyridine rings is 1. The van der Waals surface area contributed by atoms with Gasteiger partial charge in [0.1, 0.15) is 12.4 Å². The molecular weight excluding hydrogens is 407 g/mol. The first-order valence-electron chi connectivity index (χ1n) is 9.70. The summed E-state index contributed by atoms with van der Waals surface area (Å²) >= 11 is 0. The SMILES string of the molecule is CC(C)(C)c1cc(NC(=O)Nc2ccc(Cc3ccncc3)cc2)n(CC(F)(F)F)n1. The van der Waals surface area contributed by atoms with Gasteiger partial charge in [-0.05, 0) is 41.8 Å². The lowest BCUT2D eigenvalue weighted by Crippen LogP contribution is -2.25. The Hall–Kier alpha value is -3.36. The van der Waals surface area contributed by atoms with Gasteiger partial charge in [0.25, 0.3) is 0 Å². The monoisotopic (exact) mass is 431 g/mol. The normalized spacial score (nSPS) is 11.9. The van der Waals surface area contributed by atoms with Gasteiger partial charge in [-0.2, -0.15) is 18.3 Å². The van der Waals surface area contributed by atoms with E-state index < -0.39 is 24.2 Å². The van der Waals surface area contributed by atoms with Gasteiger partial charge in [0.15, 0.2) is 0 Å². The number of aromatic nitrogens is 3. The Kier molecular flexibility index (Phi) is 6.33. The van der Waals surface area contributed by atoms with Crippen LogP contribution in [0.25, 0.3) is 0 Å². The smallest absolute Gasteiger partial charge is 0.308 e. The van der Waals surface area contributed by atoms with Crippen LogP contribution >= 0.6 is 0 Å². The molecule has 0 saturated heterocycles. The van der Waals surface area contributed by atoms with Crippen molar-refractivity contribution >= 4 is 17.5 Å². The molecule has 3 rings (SSSR count). The predicted octanol–water partition coefficient (Wildman–Crippen LogP) is 5.37. The highest BCUT2D eigenvalue weighted by molar-refractivity contribution is 5.99. The Labute approximate surface area is 178 Å². The van der Waals surface area contributed by atoms with Crippen LogP contribution in [0.4, 0.5) is 29.5 Å². The summed E-state index contributed by atoms with van der Waals surface area (Å²) < 4.78 is 39.5. The predicted molar refractivity (Wildman–Crippen MR) is 113 cm³/mol. The van der Waals surface area contributed by atoms with Gasteiger partial charge in [0.05, 0.1) is 5.69 Å². The molecule has 0 fully saturated rings. The van der Waals surface area contributed by atoms with Crippen LogP contribution in [-0.2, 0) is 18.4 Å². The van der Waals surface area contributed by atoms with Crippen LogP contribution in [0.2, 0.25) is 0 Å². The number of urea groups is 1. The summed E-state index contributed by atoms with van der Waals surface area (Å²) in [4.78, 5) is 16.4. The van der Waals surface area contributed by atoms with Crippen molar-refractivity contribution in [3.05, 3.63) is 71.7 Å². The number of anilines is 2. The van der Waals surface area contributed by atoms with E-state index in [-0.39, 0.29) is 5.82 Å². The molecule has 0 bridgehead atoms. The molecule has 0 spiro atoms. The highest BCUT2D eigenvalue weighted by atomic mass is 19.4. The number of halogens is 3. The molecular formula is C22H24F3N5O. The van der Waals surface area contributed by atoms with Crippen LogP contribution in [0.1, 0.15) is 37.6 Å². The molecule has 3 aromatic rings.